The van der Waals surface area contributed by atoms with Gasteiger partial charge in [0.1, 0.15) is 0 Å². The first-order valence-corrected chi connectivity index (χ1v) is 6.31. The van der Waals surface area contributed by atoms with Crippen LogP contribution in [-0.4, -0.2) is 78.9 Å². The predicted molar refractivity (Wildman–Crippen MR) is 82.8 cm³/mol. The molecule has 0 aromatic rings. The molecule has 16 nitrogen and oxygen atoms in total. The first-order valence-electron chi connectivity index (χ1n) is 6.31. The summed E-state index contributed by atoms with van der Waals surface area (Å²) in [5, 5.41) is 46.2. The van der Waals surface area contributed by atoms with Crippen molar-refractivity contribution < 1.29 is 101 Å². The zero-order valence-electron chi connectivity index (χ0n) is 14.7. The van der Waals surface area contributed by atoms with Crippen LogP contribution < -0.4 is 37.3 Å². The van der Waals surface area contributed by atoms with E-state index in [0.717, 1.165) is 9.80 Å². The predicted octanol–water partition coefficient (Wildman–Crippen LogP) is -13.2. The SMILES string of the molecule is NC(N)=[NH2+].O=C([O-])CN(CCN(CC(=O)[O-])CC(=O)[O-])CC(=O)[O-].[Gd+3].[OH3+].[OH3+].[OH3+]. The van der Waals surface area contributed by atoms with Gasteiger partial charge in [-0.2, -0.15) is 0 Å². The monoisotopic (exact) mass is 563 g/mol. The Morgan fingerprint density at radius 2 is 0.786 bits per heavy atom. The molecule has 0 amide bonds. The van der Waals surface area contributed by atoms with Crippen LogP contribution >= 0.6 is 0 Å². The molecule has 0 fully saturated rings. The molecule has 0 saturated carbocycles. The minimum atomic E-state index is -1.53. The average Bonchev–Trinajstić information content (AvgIpc) is 2.32. The maximum absolute atomic E-state index is 10.4. The van der Waals surface area contributed by atoms with E-state index in [1.807, 2.05) is 0 Å². The molecular formula is C11H27GdN5O11+3. The van der Waals surface area contributed by atoms with Gasteiger partial charge >= 0.3 is 45.9 Å². The van der Waals surface area contributed by atoms with Gasteiger partial charge in [-0.3, -0.25) is 26.7 Å². The van der Waals surface area contributed by atoms with Crippen molar-refractivity contribution in [2.24, 2.45) is 11.5 Å². The summed E-state index contributed by atoms with van der Waals surface area (Å²) in [5.74, 6) is -6.20. The van der Waals surface area contributed by atoms with Gasteiger partial charge in [-0.25, -0.2) is 0 Å². The third-order valence-electron chi connectivity index (χ3n) is 2.14. The zero-order valence-corrected chi connectivity index (χ0v) is 17.0. The number of guanidine groups is 1. The van der Waals surface area contributed by atoms with Crippen LogP contribution in [0.4, 0.5) is 0 Å². The molecule has 0 aliphatic heterocycles. The quantitative estimate of drug-likeness (QED) is 0.120. The summed E-state index contributed by atoms with van der Waals surface area (Å²) in [6.07, 6.45) is 0. The van der Waals surface area contributed by atoms with Crippen LogP contribution in [0.1, 0.15) is 0 Å². The van der Waals surface area contributed by atoms with E-state index in [1.165, 1.54) is 0 Å². The number of nitrogens with two attached hydrogens (primary N) is 3. The van der Waals surface area contributed by atoms with Crippen molar-refractivity contribution in [3.05, 3.63) is 0 Å². The van der Waals surface area contributed by atoms with Gasteiger partial charge in [0.05, 0.1) is 23.9 Å². The van der Waals surface area contributed by atoms with E-state index in [2.05, 4.69) is 16.9 Å². The summed E-state index contributed by atoms with van der Waals surface area (Å²) in [7, 11) is 0. The molecule has 17 heteroatoms. The largest absolute Gasteiger partial charge is 3.00 e. The Balaban J connectivity index is -0.000000137. The number of hydrogen-bond acceptors (Lipinski definition) is 10. The molecule has 0 aromatic heterocycles. The first kappa shape index (κ1) is 40.8. The van der Waals surface area contributed by atoms with Crippen molar-refractivity contribution in [2.75, 3.05) is 39.3 Å². The molecule has 167 valence electrons. The number of nitrogens with zero attached hydrogens (tertiary/aromatic N) is 2. The molecule has 0 aliphatic rings. The summed E-state index contributed by atoms with van der Waals surface area (Å²) >= 11 is 0. The van der Waals surface area contributed by atoms with Gasteiger partial charge in [-0.15, -0.1) is 0 Å². The first-order chi connectivity index (χ1) is 10.9. The van der Waals surface area contributed by atoms with E-state index in [4.69, 9.17) is 0 Å². The average molecular weight is 563 g/mol. The second-order valence-corrected chi connectivity index (χ2v) is 4.41. The molecule has 0 spiro atoms. The number of carboxylic acids is 4. The summed E-state index contributed by atoms with van der Waals surface area (Å²) in [6.45, 7) is -3.25. The summed E-state index contributed by atoms with van der Waals surface area (Å²) in [4.78, 5) is 43.4. The molecule has 0 aliphatic carbocycles. The van der Waals surface area contributed by atoms with Gasteiger partial charge in [0.15, 0.2) is 0 Å². The van der Waals surface area contributed by atoms with E-state index in [9.17, 15) is 39.6 Å². The number of rotatable bonds is 11. The molecule has 0 aromatic carbocycles. The minimum Gasteiger partial charge on any atom is -0.549 e. The minimum absolute atomic E-state index is 0. The maximum Gasteiger partial charge on any atom is 3.00 e. The van der Waals surface area contributed by atoms with Crippen LogP contribution in [0.15, 0.2) is 0 Å². The number of aliphatic carboxylic acids is 4. The van der Waals surface area contributed by atoms with Gasteiger partial charge in [-0.1, -0.05) is 0 Å². The maximum atomic E-state index is 10.4. The smallest absolute Gasteiger partial charge is 0.549 e. The van der Waals surface area contributed by atoms with Crippen molar-refractivity contribution in [1.82, 2.24) is 9.80 Å². The van der Waals surface area contributed by atoms with Crippen molar-refractivity contribution in [2.45, 2.75) is 0 Å². The van der Waals surface area contributed by atoms with Gasteiger partial charge in [0.2, 0.25) is 0 Å². The fraction of sp³-hybridized carbons (Fsp3) is 0.545. The normalized spacial score (nSPS) is 8.50. The van der Waals surface area contributed by atoms with Gasteiger partial charge in [-0.05, 0) is 0 Å². The topological polar surface area (TPSA) is 344 Å². The standard InChI is InChI=1S/C10H16N2O8.CH5N3.Gd.3H2O/c13-7(14)3-11(4-8(15)16)1-2-12(5-9(17)18)6-10(19)20;2-1(3)4;;;;/h1-6H2,(H,13,14)(H,15,16)(H,17,18)(H,19,20);(H5,2,3,4);;3*1H2/q;;+3;;;. The molecule has 0 heterocycles. The van der Waals surface area contributed by atoms with Gasteiger partial charge < -0.3 is 56.0 Å². The van der Waals surface area contributed by atoms with Crippen LogP contribution in [0.25, 0.3) is 0 Å². The Hall–Kier alpha value is -1.73. The third-order valence-corrected chi connectivity index (χ3v) is 2.14. The number of hydrogen-bond donors (Lipinski definition) is 3. The molecule has 0 saturated heterocycles. The van der Waals surface area contributed by atoms with Crippen molar-refractivity contribution in [1.29, 1.82) is 0 Å². The second kappa shape index (κ2) is 23.3. The second-order valence-electron chi connectivity index (χ2n) is 4.41. The van der Waals surface area contributed by atoms with Crippen molar-refractivity contribution in [3.8, 4) is 0 Å². The Morgan fingerprint density at radius 3 is 0.893 bits per heavy atom. The van der Waals surface area contributed by atoms with Crippen molar-refractivity contribution in [3.63, 3.8) is 0 Å². The Labute approximate surface area is 191 Å². The summed E-state index contributed by atoms with van der Waals surface area (Å²) in [5.41, 5.74) is 9.17. The number of carbonyl (C=O) groups is 4. The molecule has 28 heavy (non-hydrogen) atoms. The van der Waals surface area contributed by atoms with Crippen molar-refractivity contribution >= 4 is 29.8 Å². The van der Waals surface area contributed by atoms with Crippen LogP contribution in [0, 0.1) is 39.9 Å². The van der Waals surface area contributed by atoms with Gasteiger partial charge in [0.25, 0.3) is 0 Å². The van der Waals surface area contributed by atoms with E-state index in [0.29, 0.717) is 0 Å². The molecule has 15 N–H and O–H groups in total. The molecule has 1 radical (unpaired) electrons. The fourth-order valence-electron chi connectivity index (χ4n) is 1.44. The van der Waals surface area contributed by atoms with E-state index >= 15 is 0 Å². The number of carboxylic acid groups (broad SMARTS) is 4. The Morgan fingerprint density at radius 1 is 0.643 bits per heavy atom. The van der Waals surface area contributed by atoms with Crippen LogP contribution in [-0.2, 0) is 35.6 Å². The van der Waals surface area contributed by atoms with Gasteiger partial charge in [0, 0.05) is 39.3 Å². The zero-order chi connectivity index (χ0) is 19.3. The number of carbonyl (C=O) groups excluding carboxylic acids is 4. The van der Waals surface area contributed by atoms with E-state index < -0.39 is 50.1 Å². The molecule has 0 unspecified atom stereocenters. The molecule has 0 atom stereocenters. The fourth-order valence-corrected chi connectivity index (χ4v) is 1.44. The summed E-state index contributed by atoms with van der Waals surface area (Å²) < 4.78 is 0. The summed E-state index contributed by atoms with van der Waals surface area (Å²) in [6, 6.07) is 0. The van der Waals surface area contributed by atoms with Crippen LogP contribution in [0.5, 0.6) is 0 Å². The Bertz CT molecular complexity index is 408. The van der Waals surface area contributed by atoms with E-state index in [-0.39, 0.29) is 75.4 Å². The Kier molecular flexibility index (Phi) is 34.0. The molecule has 0 rings (SSSR count). The van der Waals surface area contributed by atoms with Crippen LogP contribution in [0.3, 0.4) is 0 Å². The molecule has 0 bridgehead atoms. The van der Waals surface area contributed by atoms with Crippen LogP contribution in [0.2, 0.25) is 0 Å². The molecular weight excluding hydrogens is 535 g/mol. The van der Waals surface area contributed by atoms with E-state index in [1.54, 1.807) is 0 Å². The third kappa shape index (κ3) is 35.4.